The molecule has 100 valence electrons. The minimum Gasteiger partial charge on any atom is -0.480 e. The van der Waals surface area contributed by atoms with Gasteiger partial charge in [0.2, 0.25) is 5.13 Å². The number of carbonyl (C=O) groups excluding carboxylic acids is 1. The van der Waals surface area contributed by atoms with Crippen molar-refractivity contribution in [2.45, 2.75) is 39.2 Å². The summed E-state index contributed by atoms with van der Waals surface area (Å²) in [7, 11) is 0. The van der Waals surface area contributed by atoms with Crippen molar-refractivity contribution in [3.05, 3.63) is 5.01 Å². The molecule has 3 N–H and O–H groups in total. The maximum atomic E-state index is 11.6. The fourth-order valence-electron chi connectivity index (χ4n) is 1.30. The Hall–Kier alpha value is -1.70. The summed E-state index contributed by atoms with van der Waals surface area (Å²) in [6.07, 6.45) is 2.03. The molecule has 0 aliphatic carbocycles. The van der Waals surface area contributed by atoms with Gasteiger partial charge in [-0.15, -0.1) is 10.2 Å². The van der Waals surface area contributed by atoms with Crippen LogP contribution in [0.5, 0.6) is 0 Å². The van der Waals surface area contributed by atoms with Crippen LogP contribution in [0, 0.1) is 6.92 Å². The van der Waals surface area contributed by atoms with Gasteiger partial charge in [0.1, 0.15) is 11.0 Å². The SMILES string of the molecule is CCCC[C@H](NC(=O)Nc1nnc(C)s1)C(=O)O. The standard InChI is InChI=1S/C10H16N4O3S/c1-3-4-5-7(8(15)16)11-9(17)12-10-14-13-6(2)18-10/h7H,3-5H2,1-2H3,(H,15,16)(H2,11,12,14,17)/t7-/m0/s1. The maximum absolute atomic E-state index is 11.6. The van der Waals surface area contributed by atoms with Crippen molar-refractivity contribution in [1.29, 1.82) is 0 Å². The molecule has 0 fully saturated rings. The lowest BCUT2D eigenvalue weighted by molar-refractivity contribution is -0.139. The molecule has 0 unspecified atom stereocenters. The molecule has 0 saturated carbocycles. The molecule has 0 aliphatic rings. The number of carbonyl (C=O) groups is 2. The van der Waals surface area contributed by atoms with Gasteiger partial charge in [0.25, 0.3) is 0 Å². The van der Waals surface area contributed by atoms with E-state index < -0.39 is 18.0 Å². The molecule has 1 rings (SSSR count). The third-order valence-corrected chi connectivity index (χ3v) is 2.95. The van der Waals surface area contributed by atoms with Crippen LogP contribution in [-0.2, 0) is 4.79 Å². The van der Waals surface area contributed by atoms with E-state index in [9.17, 15) is 9.59 Å². The summed E-state index contributed by atoms with van der Waals surface area (Å²) >= 11 is 1.23. The van der Waals surface area contributed by atoms with Crippen molar-refractivity contribution >= 4 is 28.5 Å². The molecule has 0 aromatic carbocycles. The Morgan fingerprint density at radius 2 is 2.17 bits per heavy atom. The number of hydrogen-bond donors (Lipinski definition) is 3. The quantitative estimate of drug-likeness (QED) is 0.729. The number of unbranched alkanes of at least 4 members (excludes halogenated alkanes) is 1. The number of carboxylic acid groups (broad SMARTS) is 1. The Balaban J connectivity index is 2.48. The molecule has 0 radical (unpaired) electrons. The van der Waals surface area contributed by atoms with Gasteiger partial charge in [-0.25, -0.2) is 9.59 Å². The summed E-state index contributed by atoms with van der Waals surface area (Å²) in [4.78, 5) is 22.5. The third kappa shape index (κ3) is 4.66. The van der Waals surface area contributed by atoms with Crippen LogP contribution in [0.1, 0.15) is 31.2 Å². The van der Waals surface area contributed by atoms with E-state index in [2.05, 4.69) is 20.8 Å². The lowest BCUT2D eigenvalue weighted by Crippen LogP contribution is -2.42. The van der Waals surface area contributed by atoms with E-state index in [0.717, 1.165) is 17.8 Å². The van der Waals surface area contributed by atoms with E-state index in [0.29, 0.717) is 11.6 Å². The first-order chi connectivity index (χ1) is 8.52. The van der Waals surface area contributed by atoms with Crippen molar-refractivity contribution in [1.82, 2.24) is 15.5 Å². The van der Waals surface area contributed by atoms with Crippen LogP contribution in [0.3, 0.4) is 0 Å². The topological polar surface area (TPSA) is 104 Å². The number of aromatic nitrogens is 2. The largest absolute Gasteiger partial charge is 0.480 e. The number of carboxylic acids is 1. The Morgan fingerprint density at radius 3 is 2.67 bits per heavy atom. The van der Waals surface area contributed by atoms with Gasteiger partial charge in [0.15, 0.2) is 0 Å². The van der Waals surface area contributed by atoms with Gasteiger partial charge in [0.05, 0.1) is 0 Å². The fourth-order valence-corrected chi connectivity index (χ4v) is 1.89. The molecule has 0 spiro atoms. The number of aryl methyl sites for hydroxylation is 1. The summed E-state index contributed by atoms with van der Waals surface area (Å²) in [6.45, 7) is 3.73. The average molecular weight is 272 g/mol. The van der Waals surface area contributed by atoms with E-state index in [1.54, 1.807) is 6.92 Å². The predicted octanol–water partition coefficient (Wildman–Crippen LogP) is 1.61. The van der Waals surface area contributed by atoms with Gasteiger partial charge in [-0.3, -0.25) is 5.32 Å². The molecule has 2 amide bonds. The predicted molar refractivity (Wildman–Crippen MR) is 67.7 cm³/mol. The van der Waals surface area contributed by atoms with Gasteiger partial charge in [-0.1, -0.05) is 31.1 Å². The molecule has 1 heterocycles. The molecule has 8 heteroatoms. The fraction of sp³-hybridized carbons (Fsp3) is 0.600. The molecule has 1 atom stereocenters. The molecule has 0 aliphatic heterocycles. The highest BCUT2D eigenvalue weighted by Gasteiger charge is 2.19. The van der Waals surface area contributed by atoms with Gasteiger partial charge < -0.3 is 10.4 Å². The second kappa shape index (κ2) is 6.90. The van der Waals surface area contributed by atoms with Crippen LogP contribution in [0.2, 0.25) is 0 Å². The van der Waals surface area contributed by atoms with Crippen molar-refractivity contribution in [2.75, 3.05) is 5.32 Å². The third-order valence-electron chi connectivity index (χ3n) is 2.20. The summed E-state index contributed by atoms with van der Waals surface area (Å²) in [6, 6.07) is -1.45. The lowest BCUT2D eigenvalue weighted by Gasteiger charge is -2.13. The Labute approximate surface area is 109 Å². The Bertz CT molecular complexity index is 421. The van der Waals surface area contributed by atoms with Crippen LogP contribution in [-0.4, -0.2) is 33.3 Å². The van der Waals surface area contributed by atoms with Crippen molar-refractivity contribution in [2.24, 2.45) is 0 Å². The van der Waals surface area contributed by atoms with E-state index in [4.69, 9.17) is 5.11 Å². The van der Waals surface area contributed by atoms with Crippen LogP contribution < -0.4 is 10.6 Å². The van der Waals surface area contributed by atoms with Crippen LogP contribution in [0.25, 0.3) is 0 Å². The Morgan fingerprint density at radius 1 is 1.44 bits per heavy atom. The molecule has 0 bridgehead atoms. The number of nitrogens with zero attached hydrogens (tertiary/aromatic N) is 2. The van der Waals surface area contributed by atoms with Crippen molar-refractivity contribution < 1.29 is 14.7 Å². The second-order valence-electron chi connectivity index (χ2n) is 3.76. The lowest BCUT2D eigenvalue weighted by atomic mass is 10.1. The number of urea groups is 1. The molecular weight excluding hydrogens is 256 g/mol. The minimum absolute atomic E-state index is 0.352. The van der Waals surface area contributed by atoms with Gasteiger partial charge in [0, 0.05) is 0 Å². The first-order valence-corrected chi connectivity index (χ1v) is 6.45. The molecule has 1 aromatic heterocycles. The van der Waals surface area contributed by atoms with Crippen molar-refractivity contribution in [3.8, 4) is 0 Å². The second-order valence-corrected chi connectivity index (χ2v) is 4.94. The van der Waals surface area contributed by atoms with Gasteiger partial charge in [-0.2, -0.15) is 0 Å². The zero-order valence-electron chi connectivity index (χ0n) is 10.3. The van der Waals surface area contributed by atoms with Crippen LogP contribution >= 0.6 is 11.3 Å². The highest BCUT2D eigenvalue weighted by Crippen LogP contribution is 2.13. The number of anilines is 1. The molecule has 7 nitrogen and oxygen atoms in total. The van der Waals surface area contributed by atoms with E-state index in [-0.39, 0.29) is 0 Å². The number of aliphatic carboxylic acids is 1. The first kappa shape index (κ1) is 14.4. The molecule has 18 heavy (non-hydrogen) atoms. The number of rotatable bonds is 6. The number of hydrogen-bond acceptors (Lipinski definition) is 5. The normalized spacial score (nSPS) is 11.9. The zero-order chi connectivity index (χ0) is 13.5. The monoisotopic (exact) mass is 272 g/mol. The summed E-state index contributed by atoms with van der Waals surface area (Å²) in [5, 5.41) is 22.3. The Kier molecular flexibility index (Phi) is 5.50. The number of nitrogens with one attached hydrogen (secondary N) is 2. The van der Waals surface area contributed by atoms with Crippen molar-refractivity contribution in [3.63, 3.8) is 0 Å². The van der Waals surface area contributed by atoms with E-state index in [1.165, 1.54) is 11.3 Å². The van der Waals surface area contributed by atoms with E-state index >= 15 is 0 Å². The molecular formula is C10H16N4O3S. The van der Waals surface area contributed by atoms with E-state index in [1.807, 2.05) is 6.92 Å². The average Bonchev–Trinajstić information content (AvgIpc) is 2.69. The van der Waals surface area contributed by atoms with Gasteiger partial charge >= 0.3 is 12.0 Å². The summed E-state index contributed by atoms with van der Waals surface area (Å²) < 4.78 is 0. The zero-order valence-corrected chi connectivity index (χ0v) is 11.1. The molecule has 1 aromatic rings. The van der Waals surface area contributed by atoms with Crippen LogP contribution in [0.4, 0.5) is 9.93 Å². The summed E-state index contributed by atoms with van der Waals surface area (Å²) in [5.74, 6) is -1.04. The van der Waals surface area contributed by atoms with Crippen LogP contribution in [0.15, 0.2) is 0 Å². The molecule has 0 saturated heterocycles. The smallest absolute Gasteiger partial charge is 0.326 e. The minimum atomic E-state index is -1.04. The maximum Gasteiger partial charge on any atom is 0.326 e. The highest BCUT2D eigenvalue weighted by atomic mass is 32.1. The highest BCUT2D eigenvalue weighted by molar-refractivity contribution is 7.15. The number of amides is 2. The van der Waals surface area contributed by atoms with Gasteiger partial charge in [-0.05, 0) is 13.3 Å². The summed E-state index contributed by atoms with van der Waals surface area (Å²) in [5.41, 5.74) is 0. The first-order valence-electron chi connectivity index (χ1n) is 5.63.